The molecule has 0 aliphatic rings. The van der Waals surface area contributed by atoms with Crippen LogP contribution in [0, 0.1) is 12.7 Å². The number of aliphatic carboxylic acids is 1. The smallest absolute Gasteiger partial charge is 0.326 e. The van der Waals surface area contributed by atoms with Crippen LogP contribution in [0.3, 0.4) is 0 Å². The van der Waals surface area contributed by atoms with Crippen molar-refractivity contribution in [3.63, 3.8) is 0 Å². The lowest BCUT2D eigenvalue weighted by molar-refractivity contribution is -0.139. The molecule has 110 valence electrons. The molecule has 1 aromatic rings. The Labute approximate surface area is 120 Å². The second-order valence-corrected chi connectivity index (χ2v) is 5.27. The zero-order valence-corrected chi connectivity index (χ0v) is 12.1. The number of hydrogen-bond acceptors (Lipinski definition) is 3. The predicted molar refractivity (Wildman–Crippen MR) is 77.7 cm³/mol. The first kappa shape index (κ1) is 16.3. The summed E-state index contributed by atoms with van der Waals surface area (Å²) >= 11 is 1.50. The highest BCUT2D eigenvalue weighted by Crippen LogP contribution is 2.13. The summed E-state index contributed by atoms with van der Waals surface area (Å²) in [6, 6.07) is 2.48. The highest BCUT2D eigenvalue weighted by atomic mass is 32.2. The van der Waals surface area contributed by atoms with E-state index < -0.39 is 23.9 Å². The fourth-order valence-electron chi connectivity index (χ4n) is 1.63. The van der Waals surface area contributed by atoms with E-state index in [0.717, 1.165) is 0 Å². The number of carboxylic acids is 1. The Kier molecular flexibility index (Phi) is 6.30. The highest BCUT2D eigenvalue weighted by Gasteiger charge is 2.19. The first-order valence-corrected chi connectivity index (χ1v) is 7.38. The largest absolute Gasteiger partial charge is 0.480 e. The minimum absolute atomic E-state index is 0.286. The van der Waals surface area contributed by atoms with Crippen LogP contribution in [0.5, 0.6) is 0 Å². The van der Waals surface area contributed by atoms with Crippen molar-refractivity contribution >= 4 is 29.4 Å². The van der Waals surface area contributed by atoms with Crippen molar-refractivity contribution in [2.45, 2.75) is 19.4 Å². The molecule has 0 heterocycles. The summed E-state index contributed by atoms with van der Waals surface area (Å²) in [6.45, 7) is 1.70. The van der Waals surface area contributed by atoms with Crippen LogP contribution in [0.15, 0.2) is 18.2 Å². The molecule has 20 heavy (non-hydrogen) atoms. The summed E-state index contributed by atoms with van der Waals surface area (Å²) in [5.41, 5.74) is 0.950. The molecular weight excluding hydrogens is 283 g/mol. The van der Waals surface area contributed by atoms with Crippen LogP contribution in [0.25, 0.3) is 0 Å². The van der Waals surface area contributed by atoms with Crippen molar-refractivity contribution in [2.75, 3.05) is 17.3 Å². The number of halogens is 1. The molecule has 0 aliphatic carbocycles. The van der Waals surface area contributed by atoms with Crippen LogP contribution in [0.2, 0.25) is 0 Å². The number of nitrogens with one attached hydrogen (secondary N) is 2. The van der Waals surface area contributed by atoms with E-state index in [4.69, 9.17) is 5.11 Å². The van der Waals surface area contributed by atoms with Gasteiger partial charge in [0.05, 0.1) is 0 Å². The number of hydrogen-bond donors (Lipinski definition) is 3. The molecule has 0 aromatic heterocycles. The van der Waals surface area contributed by atoms with Crippen LogP contribution < -0.4 is 10.6 Å². The molecule has 1 unspecified atom stereocenters. The Morgan fingerprint density at radius 2 is 2.10 bits per heavy atom. The van der Waals surface area contributed by atoms with Crippen molar-refractivity contribution in [1.82, 2.24) is 5.32 Å². The number of carbonyl (C=O) groups excluding carboxylic acids is 1. The number of amides is 2. The van der Waals surface area contributed by atoms with Gasteiger partial charge in [-0.15, -0.1) is 0 Å². The van der Waals surface area contributed by atoms with Gasteiger partial charge in [-0.3, -0.25) is 0 Å². The fourth-order valence-corrected chi connectivity index (χ4v) is 2.10. The number of rotatable bonds is 6. The molecule has 1 rings (SSSR count). The second-order valence-electron chi connectivity index (χ2n) is 4.29. The van der Waals surface area contributed by atoms with E-state index in [-0.39, 0.29) is 5.69 Å². The van der Waals surface area contributed by atoms with Gasteiger partial charge in [-0.1, -0.05) is 0 Å². The van der Waals surface area contributed by atoms with E-state index in [2.05, 4.69) is 10.6 Å². The Hall–Kier alpha value is -1.76. The standard InChI is InChI=1S/C13H17FN2O3S/c1-8-5-9(14)7-10(6-8)15-13(19)16-11(12(17)18)3-4-20-2/h5-7,11H,3-4H2,1-2H3,(H,17,18)(H2,15,16,19). The van der Waals surface area contributed by atoms with Gasteiger partial charge < -0.3 is 15.7 Å². The maximum Gasteiger partial charge on any atom is 0.326 e. The van der Waals surface area contributed by atoms with Crippen molar-refractivity contribution in [3.05, 3.63) is 29.6 Å². The molecule has 2 amide bonds. The maximum absolute atomic E-state index is 13.2. The quantitative estimate of drug-likeness (QED) is 0.754. The van der Waals surface area contributed by atoms with Crippen molar-refractivity contribution in [3.8, 4) is 0 Å². The minimum Gasteiger partial charge on any atom is -0.480 e. The zero-order valence-electron chi connectivity index (χ0n) is 11.3. The van der Waals surface area contributed by atoms with Crippen molar-refractivity contribution < 1.29 is 19.1 Å². The fraction of sp³-hybridized carbons (Fsp3) is 0.385. The lowest BCUT2D eigenvalue weighted by Crippen LogP contribution is -2.43. The number of carbonyl (C=O) groups is 2. The Balaban J connectivity index is 2.63. The summed E-state index contributed by atoms with van der Waals surface area (Å²) in [7, 11) is 0. The Bertz CT molecular complexity index is 476. The first-order chi connectivity index (χ1) is 9.42. The van der Waals surface area contributed by atoms with Gasteiger partial charge in [-0.25, -0.2) is 14.0 Å². The number of anilines is 1. The lowest BCUT2D eigenvalue weighted by Gasteiger charge is -2.15. The van der Waals surface area contributed by atoms with Crippen LogP contribution >= 0.6 is 11.8 Å². The minimum atomic E-state index is -1.09. The van der Waals surface area contributed by atoms with Gasteiger partial charge in [-0.05, 0) is 49.1 Å². The van der Waals surface area contributed by atoms with E-state index in [1.807, 2.05) is 6.26 Å². The monoisotopic (exact) mass is 300 g/mol. The van der Waals surface area contributed by atoms with E-state index >= 15 is 0 Å². The van der Waals surface area contributed by atoms with Crippen LogP contribution in [0.1, 0.15) is 12.0 Å². The van der Waals surface area contributed by atoms with E-state index in [0.29, 0.717) is 17.7 Å². The molecule has 1 atom stereocenters. The summed E-state index contributed by atoms with van der Waals surface area (Å²) in [5.74, 6) is -0.932. The normalized spacial score (nSPS) is 11.8. The third kappa shape index (κ3) is 5.48. The van der Waals surface area contributed by atoms with Gasteiger partial charge in [0.25, 0.3) is 0 Å². The Morgan fingerprint density at radius 3 is 2.65 bits per heavy atom. The van der Waals surface area contributed by atoms with E-state index in [9.17, 15) is 14.0 Å². The highest BCUT2D eigenvalue weighted by molar-refractivity contribution is 7.98. The van der Waals surface area contributed by atoms with Crippen molar-refractivity contribution in [2.24, 2.45) is 0 Å². The summed E-state index contributed by atoms with van der Waals surface area (Å²) < 4.78 is 13.2. The molecule has 0 radical (unpaired) electrons. The SMILES string of the molecule is CSCCC(NC(=O)Nc1cc(C)cc(F)c1)C(=O)O. The average Bonchev–Trinajstić information content (AvgIpc) is 2.32. The third-order valence-corrected chi connectivity index (χ3v) is 3.16. The molecule has 3 N–H and O–H groups in total. The topological polar surface area (TPSA) is 78.4 Å². The zero-order chi connectivity index (χ0) is 15.1. The second kappa shape index (κ2) is 7.74. The summed E-state index contributed by atoms with van der Waals surface area (Å²) in [5, 5.41) is 13.8. The molecule has 0 saturated carbocycles. The van der Waals surface area contributed by atoms with Crippen LogP contribution in [-0.2, 0) is 4.79 Å². The number of benzene rings is 1. The average molecular weight is 300 g/mol. The predicted octanol–water partition coefficient (Wildman–Crippen LogP) is 2.46. The molecule has 5 nitrogen and oxygen atoms in total. The summed E-state index contributed by atoms with van der Waals surface area (Å²) in [6.07, 6.45) is 2.18. The number of thioether (sulfide) groups is 1. The molecule has 0 bridgehead atoms. The van der Waals surface area contributed by atoms with Crippen LogP contribution in [0.4, 0.5) is 14.9 Å². The van der Waals surface area contributed by atoms with Gasteiger partial charge in [0, 0.05) is 5.69 Å². The lowest BCUT2D eigenvalue weighted by atomic mass is 10.2. The number of aryl methyl sites for hydroxylation is 1. The Morgan fingerprint density at radius 1 is 1.40 bits per heavy atom. The van der Waals surface area contributed by atoms with E-state index in [1.165, 1.54) is 23.9 Å². The molecule has 0 spiro atoms. The summed E-state index contributed by atoms with van der Waals surface area (Å²) in [4.78, 5) is 22.7. The van der Waals surface area contributed by atoms with Gasteiger partial charge in [0.2, 0.25) is 0 Å². The number of urea groups is 1. The molecule has 7 heteroatoms. The first-order valence-electron chi connectivity index (χ1n) is 5.99. The third-order valence-electron chi connectivity index (χ3n) is 2.51. The van der Waals surface area contributed by atoms with Gasteiger partial charge in [-0.2, -0.15) is 11.8 Å². The van der Waals surface area contributed by atoms with E-state index in [1.54, 1.807) is 13.0 Å². The molecule has 0 fully saturated rings. The van der Waals surface area contributed by atoms with Crippen molar-refractivity contribution in [1.29, 1.82) is 0 Å². The maximum atomic E-state index is 13.2. The molecule has 1 aromatic carbocycles. The van der Waals surface area contributed by atoms with Gasteiger partial charge in [0.15, 0.2) is 0 Å². The number of carboxylic acid groups (broad SMARTS) is 1. The van der Waals surface area contributed by atoms with Gasteiger partial charge >= 0.3 is 12.0 Å². The molecule has 0 aliphatic heterocycles. The molecule has 0 saturated heterocycles. The van der Waals surface area contributed by atoms with Crippen LogP contribution in [-0.4, -0.2) is 35.2 Å². The molecular formula is C13H17FN2O3S. The van der Waals surface area contributed by atoms with Gasteiger partial charge in [0.1, 0.15) is 11.9 Å².